The Labute approximate surface area is 110 Å². The zero-order valence-corrected chi connectivity index (χ0v) is 11.8. The summed E-state index contributed by atoms with van der Waals surface area (Å²) in [5, 5.41) is 6.62. The van der Waals surface area contributed by atoms with E-state index in [0.29, 0.717) is 6.04 Å². The molecule has 18 heavy (non-hydrogen) atoms. The van der Waals surface area contributed by atoms with Crippen molar-refractivity contribution >= 4 is 6.03 Å². The number of carbonyl (C=O) groups is 1. The van der Waals surface area contributed by atoms with E-state index in [-0.39, 0.29) is 11.4 Å². The third-order valence-electron chi connectivity index (χ3n) is 4.00. The molecule has 1 saturated heterocycles. The largest absolute Gasteiger partial charge is 0.335 e. The predicted octanol–water partition coefficient (Wildman–Crippen LogP) is 1.96. The van der Waals surface area contributed by atoms with Gasteiger partial charge in [0.15, 0.2) is 0 Å². The van der Waals surface area contributed by atoms with Crippen LogP contribution in [0.2, 0.25) is 0 Å². The Kier molecular flexibility index (Phi) is 4.49. The summed E-state index contributed by atoms with van der Waals surface area (Å²) in [5.41, 5.74) is 0.167. The highest BCUT2D eigenvalue weighted by Crippen LogP contribution is 2.20. The molecule has 4 heteroatoms. The fourth-order valence-electron chi connectivity index (χ4n) is 2.98. The molecule has 2 rings (SSSR count). The van der Waals surface area contributed by atoms with Crippen molar-refractivity contribution in [3.63, 3.8) is 0 Å². The lowest BCUT2D eigenvalue weighted by molar-refractivity contribution is 0.173. The van der Waals surface area contributed by atoms with Crippen LogP contribution in [0.1, 0.15) is 46.0 Å². The monoisotopic (exact) mass is 253 g/mol. The van der Waals surface area contributed by atoms with E-state index in [1.165, 1.54) is 19.3 Å². The highest BCUT2D eigenvalue weighted by atomic mass is 16.2. The molecule has 1 aliphatic heterocycles. The van der Waals surface area contributed by atoms with Crippen molar-refractivity contribution in [2.24, 2.45) is 5.41 Å². The number of hydrogen-bond acceptors (Lipinski definition) is 2. The van der Waals surface area contributed by atoms with Crippen molar-refractivity contribution in [1.29, 1.82) is 0 Å². The minimum Gasteiger partial charge on any atom is -0.335 e. The molecule has 1 saturated carbocycles. The highest BCUT2D eigenvalue weighted by molar-refractivity contribution is 5.74. The second-order valence-corrected chi connectivity index (χ2v) is 6.55. The molecule has 1 aliphatic carbocycles. The van der Waals surface area contributed by atoms with E-state index in [1.807, 2.05) is 4.90 Å². The first-order chi connectivity index (χ1) is 8.57. The first-order valence-corrected chi connectivity index (χ1v) is 7.33. The third-order valence-corrected chi connectivity index (χ3v) is 4.00. The van der Waals surface area contributed by atoms with Gasteiger partial charge in [-0.1, -0.05) is 33.1 Å². The average molecular weight is 253 g/mol. The number of nitrogens with zero attached hydrogens (tertiary/aromatic N) is 1. The first kappa shape index (κ1) is 13.7. The van der Waals surface area contributed by atoms with Gasteiger partial charge >= 0.3 is 6.03 Å². The van der Waals surface area contributed by atoms with Crippen molar-refractivity contribution in [2.45, 2.75) is 52.0 Å². The van der Waals surface area contributed by atoms with Gasteiger partial charge in [0.05, 0.1) is 0 Å². The summed E-state index contributed by atoms with van der Waals surface area (Å²) in [6.07, 6.45) is 6.16. The SMILES string of the molecule is CC1(C)CNCCN(C(=O)NC2CCCCC2)C1. The molecule has 0 bridgehead atoms. The summed E-state index contributed by atoms with van der Waals surface area (Å²) < 4.78 is 0. The molecule has 2 amide bonds. The molecule has 0 spiro atoms. The van der Waals surface area contributed by atoms with Gasteiger partial charge in [-0.3, -0.25) is 0 Å². The van der Waals surface area contributed by atoms with Gasteiger partial charge in [0.25, 0.3) is 0 Å². The van der Waals surface area contributed by atoms with Gasteiger partial charge in [-0.2, -0.15) is 0 Å². The molecule has 1 heterocycles. The van der Waals surface area contributed by atoms with Crippen molar-refractivity contribution in [3.8, 4) is 0 Å². The van der Waals surface area contributed by atoms with Crippen molar-refractivity contribution in [1.82, 2.24) is 15.5 Å². The zero-order valence-electron chi connectivity index (χ0n) is 11.8. The standard InChI is InChI=1S/C14H27N3O/c1-14(2)10-15-8-9-17(11-14)13(18)16-12-6-4-3-5-7-12/h12,15H,3-11H2,1-2H3,(H,16,18). The Balaban J connectivity index is 1.86. The Hall–Kier alpha value is -0.770. The Morgan fingerprint density at radius 2 is 2.00 bits per heavy atom. The molecular formula is C14H27N3O. The molecule has 0 radical (unpaired) electrons. The molecule has 2 aliphatic rings. The minimum atomic E-state index is 0.138. The normalized spacial score (nSPS) is 25.6. The second-order valence-electron chi connectivity index (χ2n) is 6.55. The topological polar surface area (TPSA) is 44.4 Å². The molecule has 2 fully saturated rings. The summed E-state index contributed by atoms with van der Waals surface area (Å²) in [6.45, 7) is 7.99. The maximum atomic E-state index is 12.3. The summed E-state index contributed by atoms with van der Waals surface area (Å²) in [7, 11) is 0. The van der Waals surface area contributed by atoms with E-state index >= 15 is 0 Å². The number of rotatable bonds is 1. The van der Waals surface area contributed by atoms with Crippen molar-refractivity contribution in [2.75, 3.05) is 26.2 Å². The van der Waals surface area contributed by atoms with Crippen LogP contribution < -0.4 is 10.6 Å². The first-order valence-electron chi connectivity index (χ1n) is 7.33. The van der Waals surface area contributed by atoms with Crippen molar-refractivity contribution < 1.29 is 4.79 Å². The smallest absolute Gasteiger partial charge is 0.317 e. The molecule has 0 aromatic heterocycles. The van der Waals surface area contributed by atoms with Crippen LogP contribution in [0.25, 0.3) is 0 Å². The van der Waals surface area contributed by atoms with Gasteiger partial charge < -0.3 is 15.5 Å². The lowest BCUT2D eigenvalue weighted by Gasteiger charge is -2.31. The average Bonchev–Trinajstić information content (AvgIpc) is 2.51. The van der Waals surface area contributed by atoms with E-state index < -0.39 is 0 Å². The van der Waals surface area contributed by atoms with Gasteiger partial charge in [0, 0.05) is 32.2 Å². The van der Waals surface area contributed by atoms with E-state index in [9.17, 15) is 4.79 Å². The maximum Gasteiger partial charge on any atom is 0.317 e. The van der Waals surface area contributed by atoms with Crippen molar-refractivity contribution in [3.05, 3.63) is 0 Å². The van der Waals surface area contributed by atoms with Crippen LogP contribution >= 0.6 is 0 Å². The van der Waals surface area contributed by atoms with Crippen LogP contribution in [0.3, 0.4) is 0 Å². The van der Waals surface area contributed by atoms with E-state index in [2.05, 4.69) is 24.5 Å². The Bertz CT molecular complexity index is 285. The van der Waals surface area contributed by atoms with Crippen LogP contribution in [0.4, 0.5) is 4.79 Å². The quantitative estimate of drug-likeness (QED) is 0.750. The molecule has 0 aromatic carbocycles. The number of nitrogens with one attached hydrogen (secondary N) is 2. The number of carbonyl (C=O) groups excluding carboxylic acids is 1. The molecular weight excluding hydrogens is 226 g/mol. The number of amides is 2. The molecule has 4 nitrogen and oxygen atoms in total. The van der Waals surface area contributed by atoms with Gasteiger partial charge in [0.2, 0.25) is 0 Å². The fraction of sp³-hybridized carbons (Fsp3) is 0.929. The predicted molar refractivity (Wildman–Crippen MR) is 73.6 cm³/mol. The second kappa shape index (κ2) is 5.91. The van der Waals surface area contributed by atoms with E-state index in [0.717, 1.165) is 39.0 Å². The van der Waals surface area contributed by atoms with Crippen LogP contribution in [0, 0.1) is 5.41 Å². The number of urea groups is 1. The molecule has 2 N–H and O–H groups in total. The lowest BCUT2D eigenvalue weighted by Crippen LogP contribution is -2.48. The highest BCUT2D eigenvalue weighted by Gasteiger charge is 2.28. The van der Waals surface area contributed by atoms with Crippen LogP contribution in [-0.4, -0.2) is 43.2 Å². The van der Waals surface area contributed by atoms with E-state index in [1.54, 1.807) is 0 Å². The molecule has 0 unspecified atom stereocenters. The number of hydrogen-bond donors (Lipinski definition) is 2. The summed E-state index contributed by atoms with van der Waals surface area (Å²) in [5.74, 6) is 0. The Morgan fingerprint density at radius 3 is 2.72 bits per heavy atom. The van der Waals surface area contributed by atoms with Gasteiger partial charge in [-0.05, 0) is 18.3 Å². The van der Waals surface area contributed by atoms with Gasteiger partial charge in [0.1, 0.15) is 0 Å². The molecule has 0 aromatic rings. The molecule has 104 valence electrons. The maximum absolute atomic E-state index is 12.3. The zero-order chi connectivity index (χ0) is 13.0. The summed E-state index contributed by atoms with van der Waals surface area (Å²) in [4.78, 5) is 14.3. The summed E-state index contributed by atoms with van der Waals surface area (Å²) >= 11 is 0. The molecule has 0 atom stereocenters. The lowest BCUT2D eigenvalue weighted by atomic mass is 9.93. The van der Waals surface area contributed by atoms with Crippen LogP contribution in [0.5, 0.6) is 0 Å². The minimum absolute atomic E-state index is 0.138. The Morgan fingerprint density at radius 1 is 1.28 bits per heavy atom. The summed E-state index contributed by atoms with van der Waals surface area (Å²) in [6, 6.07) is 0.546. The van der Waals surface area contributed by atoms with E-state index in [4.69, 9.17) is 0 Å². The van der Waals surface area contributed by atoms with Gasteiger partial charge in [-0.25, -0.2) is 4.79 Å². The third kappa shape index (κ3) is 3.87. The van der Waals surface area contributed by atoms with Crippen LogP contribution in [0.15, 0.2) is 0 Å². The van der Waals surface area contributed by atoms with Gasteiger partial charge in [-0.15, -0.1) is 0 Å². The van der Waals surface area contributed by atoms with Crippen LogP contribution in [-0.2, 0) is 0 Å². The fourth-order valence-corrected chi connectivity index (χ4v) is 2.98.